The number of rotatable bonds is 8. The lowest BCUT2D eigenvalue weighted by Gasteiger charge is -2.11. The van der Waals surface area contributed by atoms with Crippen LogP contribution >= 0.6 is 15.9 Å². The fourth-order valence-corrected chi connectivity index (χ4v) is 3.59. The summed E-state index contributed by atoms with van der Waals surface area (Å²) in [5.41, 5.74) is 3.71. The molecule has 0 saturated heterocycles. The highest BCUT2D eigenvalue weighted by Crippen LogP contribution is 2.35. The number of amides is 1. The molecule has 0 bridgehead atoms. The molecule has 1 amide bonds. The molecule has 0 unspecified atom stereocenters. The molecule has 0 fully saturated rings. The van der Waals surface area contributed by atoms with E-state index in [0.717, 1.165) is 24.2 Å². The Hall–Kier alpha value is -2.80. The fraction of sp³-hybridized carbons (Fsp3) is 0.273. The van der Waals surface area contributed by atoms with Crippen LogP contribution < -0.4 is 14.8 Å². The van der Waals surface area contributed by atoms with Crippen molar-refractivity contribution in [1.82, 2.24) is 15.1 Å². The largest absolute Gasteiger partial charge is 0.495 e. The summed E-state index contributed by atoms with van der Waals surface area (Å²) in [4.78, 5) is 12.5. The second kappa shape index (κ2) is 9.60. The summed E-state index contributed by atoms with van der Waals surface area (Å²) >= 11 is 3.41. The van der Waals surface area contributed by atoms with E-state index in [1.54, 1.807) is 26.4 Å². The molecule has 1 aromatic heterocycles. The molecule has 152 valence electrons. The Morgan fingerprint density at radius 3 is 2.41 bits per heavy atom. The van der Waals surface area contributed by atoms with Crippen molar-refractivity contribution in [1.29, 1.82) is 0 Å². The maximum atomic E-state index is 12.5. The van der Waals surface area contributed by atoms with Gasteiger partial charge in [0.2, 0.25) is 0 Å². The first kappa shape index (κ1) is 20.9. The number of aromatic nitrogens is 2. The van der Waals surface area contributed by atoms with E-state index >= 15 is 0 Å². The van der Waals surface area contributed by atoms with Crippen molar-refractivity contribution in [3.8, 4) is 17.2 Å². The molecule has 2 aromatic carbocycles. The van der Waals surface area contributed by atoms with E-state index in [1.165, 1.54) is 5.56 Å². The molecule has 0 aliphatic heterocycles. The summed E-state index contributed by atoms with van der Waals surface area (Å²) in [6, 6.07) is 13.4. The van der Waals surface area contributed by atoms with E-state index in [4.69, 9.17) is 9.47 Å². The minimum absolute atomic E-state index is 0.161. The summed E-state index contributed by atoms with van der Waals surface area (Å²) in [6.07, 6.45) is 3.71. The van der Waals surface area contributed by atoms with E-state index in [9.17, 15) is 4.79 Å². The van der Waals surface area contributed by atoms with Crippen LogP contribution in [-0.4, -0.2) is 36.5 Å². The maximum absolute atomic E-state index is 12.5. The van der Waals surface area contributed by atoms with Gasteiger partial charge in [0.05, 0.1) is 25.6 Å². The first-order valence-electron chi connectivity index (χ1n) is 9.33. The molecular formula is C22H24BrN3O3. The normalized spacial score (nSPS) is 10.6. The van der Waals surface area contributed by atoms with Gasteiger partial charge in [-0.25, -0.2) is 4.68 Å². The molecule has 6 nitrogen and oxygen atoms in total. The third-order valence-electron chi connectivity index (χ3n) is 4.64. The lowest BCUT2D eigenvalue weighted by Crippen LogP contribution is -2.24. The monoisotopic (exact) mass is 457 g/mol. The molecule has 3 rings (SSSR count). The van der Waals surface area contributed by atoms with Crippen LogP contribution in [0.15, 0.2) is 53.1 Å². The molecule has 29 heavy (non-hydrogen) atoms. The number of carbonyl (C=O) groups is 1. The Bertz CT molecular complexity index is 961. The molecule has 0 saturated carbocycles. The summed E-state index contributed by atoms with van der Waals surface area (Å²) in [5.74, 6) is 0.947. The predicted octanol–water partition coefficient (Wildman–Crippen LogP) is 4.32. The summed E-state index contributed by atoms with van der Waals surface area (Å²) in [7, 11) is 3.11. The number of para-hydroxylation sites is 1. The van der Waals surface area contributed by atoms with Crippen LogP contribution in [0, 0.1) is 6.92 Å². The van der Waals surface area contributed by atoms with Gasteiger partial charge in [0.1, 0.15) is 16.0 Å². The average molecular weight is 458 g/mol. The van der Waals surface area contributed by atoms with E-state index < -0.39 is 0 Å². The van der Waals surface area contributed by atoms with Gasteiger partial charge in [0.25, 0.3) is 5.91 Å². The third-order valence-corrected chi connectivity index (χ3v) is 5.42. The standard InChI is InChI=1S/C22H24BrN3O3/c1-15-16(14-26(25-15)18-9-5-4-6-10-18)8-7-11-24-22(27)17-12-19(28-2)21(23)20(13-17)29-3/h4-6,9-10,12-14H,7-8,11H2,1-3H3,(H,24,27). The van der Waals surface area contributed by atoms with Crippen molar-refractivity contribution in [3.05, 3.63) is 70.0 Å². The Morgan fingerprint density at radius 2 is 1.79 bits per heavy atom. The summed E-state index contributed by atoms with van der Waals surface area (Å²) in [5, 5.41) is 7.54. The van der Waals surface area contributed by atoms with Gasteiger partial charge in [-0.05, 0) is 65.5 Å². The maximum Gasteiger partial charge on any atom is 0.251 e. The molecule has 0 aliphatic carbocycles. The van der Waals surface area contributed by atoms with E-state index in [1.807, 2.05) is 41.9 Å². The first-order valence-corrected chi connectivity index (χ1v) is 10.1. The lowest BCUT2D eigenvalue weighted by molar-refractivity contribution is 0.0952. The number of nitrogens with one attached hydrogen (secondary N) is 1. The second-order valence-corrected chi connectivity index (χ2v) is 7.37. The van der Waals surface area contributed by atoms with Crippen LogP contribution in [0.5, 0.6) is 11.5 Å². The second-order valence-electron chi connectivity index (χ2n) is 6.57. The van der Waals surface area contributed by atoms with Crippen molar-refractivity contribution in [2.75, 3.05) is 20.8 Å². The highest BCUT2D eigenvalue weighted by molar-refractivity contribution is 9.10. The van der Waals surface area contributed by atoms with Crippen LogP contribution in [0.4, 0.5) is 0 Å². The SMILES string of the molecule is COc1cc(C(=O)NCCCc2cn(-c3ccccc3)nc2C)cc(OC)c1Br. The topological polar surface area (TPSA) is 65.4 Å². The number of nitrogens with zero attached hydrogens (tertiary/aromatic N) is 2. The van der Waals surface area contributed by atoms with Gasteiger partial charge in [-0.3, -0.25) is 4.79 Å². The highest BCUT2D eigenvalue weighted by Gasteiger charge is 2.14. The molecule has 0 spiro atoms. The molecule has 3 aromatic rings. The Kier molecular flexibility index (Phi) is 6.93. The number of carbonyl (C=O) groups excluding carboxylic acids is 1. The van der Waals surface area contributed by atoms with Crippen LogP contribution in [-0.2, 0) is 6.42 Å². The van der Waals surface area contributed by atoms with Crippen LogP contribution in [0.2, 0.25) is 0 Å². The van der Waals surface area contributed by atoms with Gasteiger partial charge >= 0.3 is 0 Å². The molecule has 0 aliphatic rings. The van der Waals surface area contributed by atoms with Crippen LogP contribution in [0.25, 0.3) is 5.69 Å². The number of halogens is 1. The zero-order chi connectivity index (χ0) is 20.8. The van der Waals surface area contributed by atoms with Crippen molar-refractivity contribution in [3.63, 3.8) is 0 Å². The van der Waals surface area contributed by atoms with E-state index in [-0.39, 0.29) is 5.91 Å². The van der Waals surface area contributed by atoms with Gasteiger partial charge in [-0.15, -0.1) is 0 Å². The number of hydrogen-bond acceptors (Lipinski definition) is 4. The Morgan fingerprint density at radius 1 is 1.14 bits per heavy atom. The quantitative estimate of drug-likeness (QED) is 0.511. The van der Waals surface area contributed by atoms with E-state index in [2.05, 4.69) is 32.5 Å². The zero-order valence-electron chi connectivity index (χ0n) is 16.7. The first-order chi connectivity index (χ1) is 14.0. The number of hydrogen-bond donors (Lipinski definition) is 1. The zero-order valence-corrected chi connectivity index (χ0v) is 18.3. The number of ether oxygens (including phenoxy) is 2. The van der Waals surface area contributed by atoms with Gasteiger partial charge in [0.15, 0.2) is 0 Å². The minimum atomic E-state index is -0.161. The smallest absolute Gasteiger partial charge is 0.251 e. The Labute approximate surface area is 179 Å². The van der Waals surface area contributed by atoms with Crippen molar-refractivity contribution >= 4 is 21.8 Å². The van der Waals surface area contributed by atoms with Gasteiger partial charge in [-0.2, -0.15) is 5.10 Å². The number of methoxy groups -OCH3 is 2. The molecular weight excluding hydrogens is 434 g/mol. The summed E-state index contributed by atoms with van der Waals surface area (Å²) in [6.45, 7) is 2.57. The predicted molar refractivity (Wildman–Crippen MR) is 116 cm³/mol. The van der Waals surface area contributed by atoms with Gasteiger partial charge in [0, 0.05) is 18.3 Å². The lowest BCUT2D eigenvalue weighted by atomic mass is 10.1. The van der Waals surface area contributed by atoms with Crippen molar-refractivity contribution in [2.45, 2.75) is 19.8 Å². The average Bonchev–Trinajstić information content (AvgIpc) is 3.12. The molecule has 7 heteroatoms. The molecule has 0 radical (unpaired) electrons. The van der Waals surface area contributed by atoms with Crippen molar-refractivity contribution in [2.24, 2.45) is 0 Å². The summed E-state index contributed by atoms with van der Waals surface area (Å²) < 4.78 is 13.2. The minimum Gasteiger partial charge on any atom is -0.495 e. The van der Waals surface area contributed by atoms with Crippen LogP contribution in [0.3, 0.4) is 0 Å². The van der Waals surface area contributed by atoms with E-state index in [0.29, 0.717) is 28.1 Å². The highest BCUT2D eigenvalue weighted by atomic mass is 79.9. The fourth-order valence-electron chi connectivity index (χ4n) is 3.04. The number of aryl methyl sites for hydroxylation is 2. The van der Waals surface area contributed by atoms with Crippen molar-refractivity contribution < 1.29 is 14.3 Å². The van der Waals surface area contributed by atoms with Gasteiger partial charge in [-0.1, -0.05) is 18.2 Å². The third kappa shape index (κ3) is 4.98. The molecule has 1 N–H and O–H groups in total. The molecule has 1 heterocycles. The van der Waals surface area contributed by atoms with Crippen LogP contribution in [0.1, 0.15) is 28.0 Å². The number of benzene rings is 2. The Balaban J connectivity index is 1.57. The van der Waals surface area contributed by atoms with Gasteiger partial charge < -0.3 is 14.8 Å². The molecule has 0 atom stereocenters.